The Balaban J connectivity index is 1.92. The molecular formula is C24H28FNS. The topological polar surface area (TPSA) is 3.24 Å². The molecule has 1 atom stereocenters. The van der Waals surface area contributed by atoms with E-state index in [1.807, 2.05) is 23.9 Å². The lowest BCUT2D eigenvalue weighted by Gasteiger charge is -2.32. The highest BCUT2D eigenvalue weighted by molar-refractivity contribution is 8.01. The number of hydrogen-bond donors (Lipinski definition) is 0. The fourth-order valence-corrected chi connectivity index (χ4v) is 5.90. The smallest absolute Gasteiger partial charge is 0.128 e. The third-order valence-corrected chi connectivity index (χ3v) is 7.47. The van der Waals surface area contributed by atoms with Gasteiger partial charge in [0, 0.05) is 23.5 Å². The van der Waals surface area contributed by atoms with Gasteiger partial charge in [0.2, 0.25) is 0 Å². The van der Waals surface area contributed by atoms with Crippen LogP contribution in [0, 0.1) is 5.82 Å². The molecule has 0 aliphatic carbocycles. The molecule has 2 aliphatic rings. The van der Waals surface area contributed by atoms with Crippen LogP contribution in [0.25, 0.3) is 5.57 Å². The molecule has 2 aromatic rings. The van der Waals surface area contributed by atoms with E-state index in [2.05, 4.69) is 50.9 Å². The molecule has 0 spiro atoms. The molecule has 4 rings (SSSR count). The highest BCUT2D eigenvalue weighted by Crippen LogP contribution is 2.60. The number of benzene rings is 2. The van der Waals surface area contributed by atoms with Gasteiger partial charge in [0.1, 0.15) is 5.82 Å². The number of nitrogens with zero attached hydrogens (tertiary/aromatic N) is 1. The molecule has 0 amide bonds. The van der Waals surface area contributed by atoms with Crippen LogP contribution in [0.5, 0.6) is 0 Å². The van der Waals surface area contributed by atoms with Crippen LogP contribution in [-0.4, -0.2) is 25.0 Å². The maximum atomic E-state index is 14.9. The molecule has 0 radical (unpaired) electrons. The van der Waals surface area contributed by atoms with E-state index in [1.54, 1.807) is 12.1 Å². The minimum absolute atomic E-state index is 0.101. The second-order valence-electron chi connectivity index (χ2n) is 8.31. The molecule has 2 heterocycles. The monoisotopic (exact) mass is 381 g/mol. The lowest BCUT2D eigenvalue weighted by molar-refractivity contribution is 0.312. The summed E-state index contributed by atoms with van der Waals surface area (Å²) in [5.74, 6) is 0.389. The van der Waals surface area contributed by atoms with Crippen LogP contribution in [0.1, 0.15) is 56.2 Å². The lowest BCUT2D eigenvalue weighted by Crippen LogP contribution is -2.28. The van der Waals surface area contributed by atoms with Crippen LogP contribution in [0.4, 0.5) is 4.39 Å². The molecule has 1 nitrogen and oxygen atoms in total. The molecule has 1 saturated heterocycles. The van der Waals surface area contributed by atoms with Crippen molar-refractivity contribution in [2.45, 2.75) is 49.2 Å². The predicted octanol–water partition coefficient (Wildman–Crippen LogP) is 6.45. The fraction of sp³-hybridized carbons (Fsp3) is 0.417. The quantitative estimate of drug-likeness (QED) is 0.588. The maximum Gasteiger partial charge on any atom is 0.128 e. The summed E-state index contributed by atoms with van der Waals surface area (Å²) in [7, 11) is 2.19. The van der Waals surface area contributed by atoms with Crippen LogP contribution in [-0.2, 0) is 4.75 Å². The second-order valence-corrected chi connectivity index (χ2v) is 9.77. The Morgan fingerprint density at radius 3 is 2.44 bits per heavy atom. The Morgan fingerprint density at radius 1 is 1.07 bits per heavy atom. The molecule has 0 bridgehead atoms. The summed E-state index contributed by atoms with van der Waals surface area (Å²) in [4.78, 5) is 3.67. The Morgan fingerprint density at radius 2 is 1.78 bits per heavy atom. The summed E-state index contributed by atoms with van der Waals surface area (Å²) >= 11 is 1.82. The van der Waals surface area contributed by atoms with Gasteiger partial charge in [0.05, 0.1) is 4.75 Å². The summed E-state index contributed by atoms with van der Waals surface area (Å²) in [5.41, 5.74) is 6.36. The van der Waals surface area contributed by atoms with E-state index in [0.29, 0.717) is 5.92 Å². The first-order valence-corrected chi connectivity index (χ1v) is 10.7. The molecule has 2 aliphatic heterocycles. The van der Waals surface area contributed by atoms with E-state index in [1.165, 1.54) is 27.2 Å². The van der Waals surface area contributed by atoms with Crippen molar-refractivity contribution >= 4 is 17.3 Å². The van der Waals surface area contributed by atoms with Crippen LogP contribution >= 0.6 is 11.8 Å². The van der Waals surface area contributed by atoms with Gasteiger partial charge < -0.3 is 4.90 Å². The molecule has 1 fully saturated rings. The molecule has 0 N–H and O–H groups in total. The SMILES string of the molecule is CC(C)c1ccc2c(c1)C(=C1CCN(C)CC1)C(C)(c1ccccc1F)S2. The lowest BCUT2D eigenvalue weighted by atomic mass is 9.81. The van der Waals surface area contributed by atoms with Crippen LogP contribution in [0.2, 0.25) is 0 Å². The number of thioether (sulfide) groups is 1. The Labute approximate surface area is 166 Å². The van der Waals surface area contributed by atoms with Gasteiger partial charge in [-0.05, 0) is 61.6 Å². The first-order chi connectivity index (χ1) is 12.9. The summed E-state index contributed by atoms with van der Waals surface area (Å²) < 4.78 is 14.5. The standard InChI is InChI=1S/C24H28FNS/c1-16(2)18-9-10-22-19(15-18)23(17-11-13-26(4)14-12-17)24(3,27-22)20-7-5-6-8-21(20)25/h5-10,15-16H,11-14H2,1-4H3. The van der Waals surface area contributed by atoms with Crippen molar-refractivity contribution in [3.63, 3.8) is 0 Å². The third kappa shape index (κ3) is 3.25. The Bertz CT molecular complexity index is 891. The third-order valence-electron chi connectivity index (χ3n) is 6.06. The highest BCUT2D eigenvalue weighted by atomic mass is 32.2. The van der Waals surface area contributed by atoms with Crippen LogP contribution < -0.4 is 0 Å². The zero-order valence-electron chi connectivity index (χ0n) is 16.7. The first kappa shape index (κ1) is 18.8. The maximum absolute atomic E-state index is 14.9. The molecular weight excluding hydrogens is 353 g/mol. The summed E-state index contributed by atoms with van der Waals surface area (Å²) in [6.07, 6.45) is 2.14. The fourth-order valence-electron chi connectivity index (χ4n) is 4.42. The van der Waals surface area contributed by atoms with E-state index in [0.717, 1.165) is 31.5 Å². The van der Waals surface area contributed by atoms with Crippen molar-refractivity contribution in [3.05, 3.63) is 70.5 Å². The van der Waals surface area contributed by atoms with E-state index in [-0.39, 0.29) is 10.6 Å². The van der Waals surface area contributed by atoms with Gasteiger partial charge in [-0.15, -0.1) is 11.8 Å². The van der Waals surface area contributed by atoms with Crippen molar-refractivity contribution in [2.75, 3.05) is 20.1 Å². The van der Waals surface area contributed by atoms with Crippen molar-refractivity contribution in [1.82, 2.24) is 4.90 Å². The Hall–Kier alpha value is -1.58. The first-order valence-electron chi connectivity index (χ1n) is 9.89. The number of hydrogen-bond acceptors (Lipinski definition) is 2. The van der Waals surface area contributed by atoms with Gasteiger partial charge in [0.15, 0.2) is 0 Å². The van der Waals surface area contributed by atoms with Gasteiger partial charge in [-0.3, -0.25) is 0 Å². The highest BCUT2D eigenvalue weighted by Gasteiger charge is 2.43. The summed E-state index contributed by atoms with van der Waals surface area (Å²) in [6, 6.07) is 14.2. The minimum Gasteiger partial charge on any atom is -0.306 e. The van der Waals surface area contributed by atoms with Crippen molar-refractivity contribution < 1.29 is 4.39 Å². The average molecular weight is 382 g/mol. The second kappa shape index (κ2) is 7.10. The van der Waals surface area contributed by atoms with E-state index in [4.69, 9.17) is 0 Å². The van der Waals surface area contributed by atoms with Crippen LogP contribution in [0.3, 0.4) is 0 Å². The van der Waals surface area contributed by atoms with Crippen molar-refractivity contribution in [1.29, 1.82) is 0 Å². The normalized spacial score (nSPS) is 23.2. The summed E-state index contributed by atoms with van der Waals surface area (Å²) in [5, 5.41) is 0. The zero-order chi connectivity index (χ0) is 19.2. The van der Waals surface area contributed by atoms with E-state index >= 15 is 0 Å². The number of piperidine rings is 1. The molecule has 1 unspecified atom stereocenters. The van der Waals surface area contributed by atoms with Gasteiger partial charge in [-0.25, -0.2) is 4.39 Å². The molecule has 0 aromatic heterocycles. The van der Waals surface area contributed by atoms with Crippen LogP contribution in [0.15, 0.2) is 52.9 Å². The predicted molar refractivity (Wildman–Crippen MR) is 114 cm³/mol. The Kier molecular flexibility index (Phi) is 4.94. The minimum atomic E-state index is -0.367. The largest absolute Gasteiger partial charge is 0.306 e. The number of likely N-dealkylation sites (tertiary alicyclic amines) is 1. The van der Waals surface area contributed by atoms with E-state index < -0.39 is 0 Å². The molecule has 3 heteroatoms. The molecule has 27 heavy (non-hydrogen) atoms. The molecule has 142 valence electrons. The van der Waals surface area contributed by atoms with Gasteiger partial charge >= 0.3 is 0 Å². The van der Waals surface area contributed by atoms with Gasteiger partial charge in [0.25, 0.3) is 0 Å². The number of halogens is 1. The zero-order valence-corrected chi connectivity index (χ0v) is 17.5. The van der Waals surface area contributed by atoms with Crippen molar-refractivity contribution in [3.8, 4) is 0 Å². The van der Waals surface area contributed by atoms with Crippen molar-refractivity contribution in [2.24, 2.45) is 0 Å². The molecule has 2 aromatic carbocycles. The average Bonchev–Trinajstić information content (AvgIpc) is 2.95. The van der Waals surface area contributed by atoms with Gasteiger partial charge in [-0.1, -0.05) is 49.8 Å². The molecule has 0 saturated carbocycles. The summed E-state index contributed by atoms with van der Waals surface area (Å²) in [6.45, 7) is 8.85. The van der Waals surface area contributed by atoms with E-state index in [9.17, 15) is 4.39 Å². The number of rotatable bonds is 2. The number of fused-ring (bicyclic) bond motifs is 1. The van der Waals surface area contributed by atoms with Gasteiger partial charge in [-0.2, -0.15) is 0 Å².